The van der Waals surface area contributed by atoms with Crippen molar-refractivity contribution in [2.24, 2.45) is 0 Å². The highest BCUT2D eigenvalue weighted by Crippen LogP contribution is 2.31. The van der Waals surface area contributed by atoms with Crippen molar-refractivity contribution in [1.82, 2.24) is 30.7 Å². The normalized spacial score (nSPS) is 28.0. The molecule has 0 unspecified atom stereocenters. The minimum absolute atomic E-state index is 0.00770. The average molecular weight is 623 g/mol. The monoisotopic (exact) mass is 622 g/mol. The molecule has 3 N–H and O–H groups in total. The topological polar surface area (TPSA) is 123 Å². The standard InChI is InChI=1S/C34H50N6O5/c41-30-24-34(14-20-39(21-15-34)32(43)25-6-2-1-3-7-25)37-31(42)29-9-5-17-40(29)27-10-18-38(19-11-27)33(44)28(8-4-16-35-30)36-26-12-22-45-23-13-26/h1-3,6-7,26-29,36H,4-5,8-24H2,(H,35,41)(H,37,42)/t28-,29-/m0/s1. The van der Waals surface area contributed by atoms with Crippen molar-refractivity contribution in [3.05, 3.63) is 35.9 Å². The van der Waals surface area contributed by atoms with Gasteiger partial charge in [0.1, 0.15) is 0 Å². The molecule has 246 valence electrons. The molecule has 6 aliphatic heterocycles. The number of rotatable bonds is 3. The molecule has 6 saturated heterocycles. The molecule has 7 rings (SSSR count). The second-order valence-electron chi connectivity index (χ2n) is 13.7. The molecule has 11 nitrogen and oxygen atoms in total. The summed E-state index contributed by atoms with van der Waals surface area (Å²) < 4.78 is 5.54. The zero-order chi connectivity index (χ0) is 31.2. The minimum Gasteiger partial charge on any atom is -0.381 e. The SMILES string of the molecule is O=C1CC2(CCN(C(=O)c3ccccc3)CC2)NC(=O)[C@@H]2CCCN2C2CCN(CC2)C(=O)[C@@H](NC2CCOCC2)CCCN1. The maximum absolute atomic E-state index is 14.0. The van der Waals surface area contributed by atoms with Crippen LogP contribution in [0.4, 0.5) is 0 Å². The van der Waals surface area contributed by atoms with E-state index < -0.39 is 5.54 Å². The number of carbonyl (C=O) groups is 4. The lowest BCUT2D eigenvalue weighted by Crippen LogP contribution is -2.61. The van der Waals surface area contributed by atoms with Gasteiger partial charge in [0.2, 0.25) is 17.7 Å². The van der Waals surface area contributed by atoms with Gasteiger partial charge < -0.3 is 30.5 Å². The number of piperidine rings is 2. The van der Waals surface area contributed by atoms with Crippen LogP contribution in [-0.2, 0) is 19.1 Å². The lowest BCUT2D eigenvalue weighted by Gasteiger charge is -2.44. The number of benzene rings is 1. The summed E-state index contributed by atoms with van der Waals surface area (Å²) in [7, 11) is 0. The first-order chi connectivity index (χ1) is 21.9. The smallest absolute Gasteiger partial charge is 0.253 e. The molecule has 0 radical (unpaired) electrons. The highest BCUT2D eigenvalue weighted by atomic mass is 16.5. The molecule has 0 saturated carbocycles. The number of nitrogens with one attached hydrogen (secondary N) is 3. The van der Waals surface area contributed by atoms with Gasteiger partial charge in [0.25, 0.3) is 5.91 Å². The largest absolute Gasteiger partial charge is 0.381 e. The summed E-state index contributed by atoms with van der Waals surface area (Å²) in [5.41, 5.74) is -0.0524. The Hall–Kier alpha value is -3.02. The van der Waals surface area contributed by atoms with E-state index in [1.54, 1.807) is 0 Å². The highest BCUT2D eigenvalue weighted by Gasteiger charge is 2.44. The van der Waals surface area contributed by atoms with Gasteiger partial charge in [0.05, 0.1) is 17.6 Å². The van der Waals surface area contributed by atoms with Crippen LogP contribution in [0, 0.1) is 0 Å². The average Bonchev–Trinajstić information content (AvgIpc) is 3.57. The second kappa shape index (κ2) is 14.6. The summed E-state index contributed by atoms with van der Waals surface area (Å²) in [5.74, 6) is 0.0286. The zero-order valence-electron chi connectivity index (χ0n) is 26.5. The lowest BCUT2D eigenvalue weighted by atomic mass is 9.83. The molecule has 1 aromatic carbocycles. The van der Waals surface area contributed by atoms with Crippen LogP contribution in [0.25, 0.3) is 0 Å². The first-order valence-electron chi connectivity index (χ1n) is 17.2. The third-order valence-electron chi connectivity index (χ3n) is 10.7. The van der Waals surface area contributed by atoms with Crippen LogP contribution in [0.2, 0.25) is 0 Å². The summed E-state index contributed by atoms with van der Waals surface area (Å²) in [5, 5.41) is 10.1. The molecule has 6 heterocycles. The number of hydrogen-bond donors (Lipinski definition) is 3. The molecule has 2 atom stereocenters. The molecule has 1 aromatic rings. The lowest BCUT2D eigenvalue weighted by molar-refractivity contribution is -0.137. The molecule has 4 amide bonds. The van der Waals surface area contributed by atoms with Crippen LogP contribution in [0.1, 0.15) is 81.0 Å². The van der Waals surface area contributed by atoms with Gasteiger partial charge in [-0.2, -0.15) is 0 Å². The summed E-state index contributed by atoms with van der Waals surface area (Å²) in [6, 6.07) is 9.28. The van der Waals surface area contributed by atoms with Gasteiger partial charge in [-0.3, -0.25) is 24.1 Å². The number of fused-ring (bicyclic) bond motifs is 10. The number of nitrogens with zero attached hydrogens (tertiary/aromatic N) is 3. The Morgan fingerprint density at radius 1 is 0.867 bits per heavy atom. The fourth-order valence-corrected chi connectivity index (χ4v) is 8.07. The molecule has 0 aromatic heterocycles. The van der Waals surface area contributed by atoms with E-state index in [0.717, 1.165) is 45.1 Å². The van der Waals surface area contributed by atoms with E-state index in [1.165, 1.54) is 0 Å². The predicted octanol–water partition coefficient (Wildman–Crippen LogP) is 1.67. The second-order valence-corrected chi connectivity index (χ2v) is 13.7. The summed E-state index contributed by atoms with van der Waals surface area (Å²) >= 11 is 0. The Kier molecular flexibility index (Phi) is 10.4. The molecule has 2 bridgehead atoms. The van der Waals surface area contributed by atoms with Crippen LogP contribution < -0.4 is 16.0 Å². The Morgan fingerprint density at radius 3 is 2.33 bits per heavy atom. The number of likely N-dealkylation sites (tertiary alicyclic amines) is 1. The van der Waals surface area contributed by atoms with E-state index >= 15 is 0 Å². The zero-order valence-corrected chi connectivity index (χ0v) is 26.5. The van der Waals surface area contributed by atoms with Crippen molar-refractivity contribution in [2.45, 2.75) is 100 Å². The quantitative estimate of drug-likeness (QED) is 0.469. The van der Waals surface area contributed by atoms with E-state index in [9.17, 15) is 19.2 Å². The van der Waals surface area contributed by atoms with Crippen LogP contribution in [0.5, 0.6) is 0 Å². The fraction of sp³-hybridized carbons (Fsp3) is 0.706. The highest BCUT2D eigenvalue weighted by molar-refractivity contribution is 5.94. The molecule has 11 heteroatoms. The maximum atomic E-state index is 14.0. The van der Waals surface area contributed by atoms with Gasteiger partial charge >= 0.3 is 0 Å². The summed E-state index contributed by atoms with van der Waals surface area (Å²) in [6.07, 6.45) is 7.85. The molecule has 6 aliphatic rings. The first-order valence-corrected chi connectivity index (χ1v) is 17.2. The van der Waals surface area contributed by atoms with Crippen LogP contribution in [0.15, 0.2) is 30.3 Å². The van der Waals surface area contributed by atoms with Gasteiger partial charge in [0.15, 0.2) is 0 Å². The summed E-state index contributed by atoms with van der Waals surface area (Å²) in [6.45, 7) is 5.13. The fourth-order valence-electron chi connectivity index (χ4n) is 8.07. The van der Waals surface area contributed by atoms with E-state index in [-0.39, 0.29) is 54.2 Å². The van der Waals surface area contributed by atoms with E-state index in [0.29, 0.717) is 77.2 Å². The van der Waals surface area contributed by atoms with Crippen molar-refractivity contribution < 1.29 is 23.9 Å². The van der Waals surface area contributed by atoms with Crippen LogP contribution in [0.3, 0.4) is 0 Å². The Bertz CT molecular complexity index is 1190. The van der Waals surface area contributed by atoms with Crippen molar-refractivity contribution in [1.29, 1.82) is 0 Å². The van der Waals surface area contributed by atoms with Crippen molar-refractivity contribution in [2.75, 3.05) is 52.5 Å². The van der Waals surface area contributed by atoms with Crippen molar-refractivity contribution in [3.63, 3.8) is 0 Å². The number of ether oxygens (including phenoxy) is 1. The van der Waals surface area contributed by atoms with Crippen LogP contribution >= 0.6 is 0 Å². The van der Waals surface area contributed by atoms with Crippen molar-refractivity contribution >= 4 is 23.6 Å². The number of amides is 4. The number of carbonyl (C=O) groups excluding carboxylic acids is 4. The molecule has 1 spiro atoms. The molecule has 6 fully saturated rings. The van der Waals surface area contributed by atoms with Crippen molar-refractivity contribution in [3.8, 4) is 0 Å². The molecular weight excluding hydrogens is 572 g/mol. The molecular formula is C34H50N6O5. The first kappa shape index (κ1) is 31.9. The Balaban J connectivity index is 1.18. The van der Waals surface area contributed by atoms with E-state index in [4.69, 9.17) is 4.74 Å². The van der Waals surface area contributed by atoms with Gasteiger partial charge in [0, 0.05) is 70.0 Å². The molecule has 0 aliphatic carbocycles. The Morgan fingerprint density at radius 2 is 1.60 bits per heavy atom. The third kappa shape index (κ3) is 7.69. The van der Waals surface area contributed by atoms with E-state index in [1.807, 2.05) is 40.1 Å². The van der Waals surface area contributed by atoms with E-state index in [2.05, 4.69) is 20.9 Å². The number of hydrogen-bond acceptors (Lipinski definition) is 7. The predicted molar refractivity (Wildman–Crippen MR) is 169 cm³/mol. The van der Waals surface area contributed by atoms with Gasteiger partial charge in [-0.15, -0.1) is 0 Å². The summed E-state index contributed by atoms with van der Waals surface area (Å²) in [4.78, 5) is 60.5. The molecule has 45 heavy (non-hydrogen) atoms. The van der Waals surface area contributed by atoms with Gasteiger partial charge in [-0.05, 0) is 82.9 Å². The maximum Gasteiger partial charge on any atom is 0.253 e. The van der Waals surface area contributed by atoms with Gasteiger partial charge in [-0.25, -0.2) is 0 Å². The Labute approximate surface area is 266 Å². The third-order valence-corrected chi connectivity index (χ3v) is 10.7. The van der Waals surface area contributed by atoms with Crippen LogP contribution in [-0.4, -0.2) is 121 Å². The van der Waals surface area contributed by atoms with Gasteiger partial charge in [-0.1, -0.05) is 18.2 Å². The minimum atomic E-state index is -0.705.